The summed E-state index contributed by atoms with van der Waals surface area (Å²) in [5.41, 5.74) is 0.375. The third-order valence-electron chi connectivity index (χ3n) is 4.24. The Morgan fingerprint density at radius 1 is 1.35 bits per heavy atom. The molecule has 106 valence electrons. The quantitative estimate of drug-likeness (QED) is 0.880. The zero-order valence-electron chi connectivity index (χ0n) is 11.1. The number of hydrogen-bond donors (Lipinski definition) is 1. The Bertz CT molecular complexity index is 651. The molecule has 6 heteroatoms. The highest BCUT2D eigenvalue weighted by molar-refractivity contribution is 7.89. The van der Waals surface area contributed by atoms with Gasteiger partial charge >= 0.3 is 0 Å². The van der Waals surface area contributed by atoms with E-state index in [0.29, 0.717) is 24.6 Å². The van der Waals surface area contributed by atoms with Crippen LogP contribution >= 0.6 is 0 Å². The van der Waals surface area contributed by atoms with Crippen molar-refractivity contribution in [2.24, 2.45) is 5.92 Å². The van der Waals surface area contributed by atoms with Crippen LogP contribution in [0.4, 0.5) is 0 Å². The smallest absolute Gasteiger partial charge is 0.243 e. The predicted molar refractivity (Wildman–Crippen MR) is 74.4 cm³/mol. The summed E-state index contributed by atoms with van der Waals surface area (Å²) in [6.07, 6.45) is 2.05. The molecule has 0 unspecified atom stereocenters. The van der Waals surface area contributed by atoms with Crippen molar-refractivity contribution in [3.8, 4) is 6.07 Å². The number of nitriles is 1. The van der Waals surface area contributed by atoms with Crippen LogP contribution in [-0.2, 0) is 10.0 Å². The molecule has 2 saturated heterocycles. The maximum atomic E-state index is 12.6. The Kier molecular flexibility index (Phi) is 3.50. The first-order valence-electron chi connectivity index (χ1n) is 6.85. The number of rotatable bonds is 2. The third kappa shape index (κ3) is 2.33. The largest absolute Gasteiger partial charge is 0.312 e. The van der Waals surface area contributed by atoms with Crippen molar-refractivity contribution in [1.29, 1.82) is 5.26 Å². The maximum absolute atomic E-state index is 12.6. The summed E-state index contributed by atoms with van der Waals surface area (Å²) in [5.74, 6) is 0.604. The van der Waals surface area contributed by atoms with E-state index in [0.717, 1.165) is 19.4 Å². The molecule has 2 heterocycles. The highest BCUT2D eigenvalue weighted by atomic mass is 32.2. The first kappa shape index (κ1) is 13.6. The zero-order chi connectivity index (χ0) is 14.2. The Morgan fingerprint density at radius 3 is 3.00 bits per heavy atom. The molecule has 1 aromatic carbocycles. The second kappa shape index (κ2) is 5.17. The van der Waals surface area contributed by atoms with Gasteiger partial charge in [-0.1, -0.05) is 6.07 Å². The second-order valence-electron chi connectivity index (χ2n) is 5.40. The molecule has 0 spiro atoms. The number of nitrogens with one attached hydrogen (secondary N) is 1. The minimum Gasteiger partial charge on any atom is -0.312 e. The van der Waals surface area contributed by atoms with E-state index in [1.165, 1.54) is 6.07 Å². The molecule has 20 heavy (non-hydrogen) atoms. The van der Waals surface area contributed by atoms with Gasteiger partial charge in [-0.25, -0.2) is 8.42 Å². The van der Waals surface area contributed by atoms with Crippen LogP contribution in [-0.4, -0.2) is 38.4 Å². The van der Waals surface area contributed by atoms with Crippen molar-refractivity contribution in [2.75, 3.05) is 19.6 Å². The Morgan fingerprint density at radius 2 is 2.20 bits per heavy atom. The van der Waals surface area contributed by atoms with Crippen molar-refractivity contribution in [3.05, 3.63) is 29.8 Å². The molecule has 1 N–H and O–H groups in total. The minimum atomic E-state index is -3.49. The Hall–Kier alpha value is -1.42. The lowest BCUT2D eigenvalue weighted by molar-refractivity contribution is 0.249. The van der Waals surface area contributed by atoms with Gasteiger partial charge in [0.05, 0.1) is 16.5 Å². The van der Waals surface area contributed by atoms with E-state index in [2.05, 4.69) is 5.32 Å². The Labute approximate surface area is 119 Å². The predicted octanol–water partition coefficient (Wildman–Crippen LogP) is 0.931. The molecule has 3 rings (SSSR count). The van der Waals surface area contributed by atoms with Crippen molar-refractivity contribution >= 4 is 10.0 Å². The minimum absolute atomic E-state index is 0.216. The first-order chi connectivity index (χ1) is 9.61. The summed E-state index contributed by atoms with van der Waals surface area (Å²) in [6.45, 7) is 2.08. The van der Waals surface area contributed by atoms with Gasteiger partial charge < -0.3 is 5.32 Å². The molecule has 5 nitrogen and oxygen atoms in total. The van der Waals surface area contributed by atoms with Crippen LogP contribution in [0.25, 0.3) is 0 Å². The molecule has 2 atom stereocenters. The fraction of sp³-hybridized carbons (Fsp3) is 0.500. The molecule has 2 fully saturated rings. The number of hydrogen-bond acceptors (Lipinski definition) is 4. The third-order valence-corrected chi connectivity index (χ3v) is 6.10. The highest BCUT2D eigenvalue weighted by Gasteiger charge is 2.37. The number of nitrogens with zero attached hydrogens (tertiary/aromatic N) is 2. The zero-order valence-corrected chi connectivity index (χ0v) is 11.9. The van der Waals surface area contributed by atoms with Crippen molar-refractivity contribution in [3.63, 3.8) is 0 Å². The van der Waals surface area contributed by atoms with Gasteiger partial charge in [0.15, 0.2) is 0 Å². The summed E-state index contributed by atoms with van der Waals surface area (Å²) in [7, 11) is -3.49. The van der Waals surface area contributed by atoms with Gasteiger partial charge in [0.1, 0.15) is 0 Å². The van der Waals surface area contributed by atoms with Crippen LogP contribution < -0.4 is 5.32 Å². The molecule has 2 aliphatic heterocycles. The van der Waals surface area contributed by atoms with E-state index in [-0.39, 0.29) is 10.9 Å². The van der Waals surface area contributed by atoms with Crippen LogP contribution in [0.15, 0.2) is 29.2 Å². The van der Waals surface area contributed by atoms with Crippen LogP contribution in [0.2, 0.25) is 0 Å². The molecular formula is C14H17N3O2S. The van der Waals surface area contributed by atoms with Crippen molar-refractivity contribution < 1.29 is 8.42 Å². The van der Waals surface area contributed by atoms with E-state index < -0.39 is 10.0 Å². The normalized spacial score (nSPS) is 26.9. The van der Waals surface area contributed by atoms with Crippen LogP contribution in [0, 0.1) is 17.2 Å². The molecule has 0 bridgehead atoms. The number of benzene rings is 1. The summed E-state index contributed by atoms with van der Waals surface area (Å²) >= 11 is 0. The average Bonchev–Trinajstić information content (AvgIpc) is 2.94. The fourth-order valence-corrected chi connectivity index (χ4v) is 4.62. The molecular weight excluding hydrogens is 274 g/mol. The highest BCUT2D eigenvalue weighted by Crippen LogP contribution is 2.28. The van der Waals surface area contributed by atoms with Gasteiger partial charge in [-0.15, -0.1) is 0 Å². The first-order valence-corrected chi connectivity index (χ1v) is 8.29. The van der Waals surface area contributed by atoms with Crippen LogP contribution in [0.5, 0.6) is 0 Å². The SMILES string of the molecule is N#Cc1cccc(S(=O)(=O)N2CC[C@@H]3CCN[C@@H]3C2)c1. The molecule has 2 aliphatic rings. The number of piperidine rings is 1. The molecule has 0 aliphatic carbocycles. The summed E-state index contributed by atoms with van der Waals surface area (Å²) in [6, 6.07) is 8.50. The summed E-state index contributed by atoms with van der Waals surface area (Å²) < 4.78 is 26.8. The van der Waals surface area contributed by atoms with E-state index in [9.17, 15) is 8.42 Å². The van der Waals surface area contributed by atoms with Gasteiger partial charge in [0, 0.05) is 19.1 Å². The Balaban J connectivity index is 1.86. The van der Waals surface area contributed by atoms with Gasteiger partial charge in [-0.05, 0) is 43.5 Å². The van der Waals surface area contributed by atoms with Crippen molar-refractivity contribution in [1.82, 2.24) is 9.62 Å². The lowest BCUT2D eigenvalue weighted by Crippen LogP contribution is -2.48. The number of fused-ring (bicyclic) bond motifs is 1. The monoisotopic (exact) mass is 291 g/mol. The van der Waals surface area contributed by atoms with Gasteiger partial charge in [0.25, 0.3) is 0 Å². The molecule has 0 amide bonds. The van der Waals surface area contributed by atoms with Crippen LogP contribution in [0.3, 0.4) is 0 Å². The topological polar surface area (TPSA) is 73.2 Å². The number of sulfonamides is 1. The molecule has 1 aromatic rings. The molecule has 0 radical (unpaired) electrons. The van der Waals surface area contributed by atoms with Crippen LogP contribution in [0.1, 0.15) is 18.4 Å². The van der Waals surface area contributed by atoms with E-state index in [4.69, 9.17) is 5.26 Å². The van der Waals surface area contributed by atoms with Gasteiger partial charge in [0.2, 0.25) is 10.0 Å². The lowest BCUT2D eigenvalue weighted by Gasteiger charge is -2.34. The van der Waals surface area contributed by atoms with Gasteiger partial charge in [-0.3, -0.25) is 0 Å². The second-order valence-corrected chi connectivity index (χ2v) is 7.34. The summed E-state index contributed by atoms with van der Waals surface area (Å²) in [4.78, 5) is 0.216. The summed E-state index contributed by atoms with van der Waals surface area (Å²) in [5, 5.41) is 12.3. The van der Waals surface area contributed by atoms with Crippen molar-refractivity contribution in [2.45, 2.75) is 23.8 Å². The van der Waals surface area contributed by atoms with E-state index in [1.807, 2.05) is 6.07 Å². The average molecular weight is 291 g/mol. The van der Waals surface area contributed by atoms with Gasteiger partial charge in [-0.2, -0.15) is 9.57 Å². The molecule has 0 aromatic heterocycles. The maximum Gasteiger partial charge on any atom is 0.243 e. The van der Waals surface area contributed by atoms with E-state index >= 15 is 0 Å². The standard InChI is InChI=1S/C14H17N3O2S/c15-9-11-2-1-3-13(8-11)20(18,19)17-7-5-12-4-6-16-14(12)10-17/h1-3,8,12,14,16H,4-7,10H2/t12-,14+/m0/s1. The fourth-order valence-electron chi connectivity index (χ4n) is 3.10. The molecule has 0 saturated carbocycles. The van der Waals surface area contributed by atoms with E-state index in [1.54, 1.807) is 22.5 Å². The lowest BCUT2D eigenvalue weighted by atomic mass is 9.94.